The van der Waals surface area contributed by atoms with Gasteiger partial charge in [-0.25, -0.2) is 4.98 Å². The van der Waals surface area contributed by atoms with Crippen LogP contribution in [0, 0.1) is 0 Å². The van der Waals surface area contributed by atoms with Gasteiger partial charge in [0.1, 0.15) is 23.4 Å². The number of rotatable bonds is 7. The van der Waals surface area contributed by atoms with E-state index in [-0.39, 0.29) is 12.5 Å². The lowest BCUT2D eigenvalue weighted by atomic mass is 10.1. The third-order valence-electron chi connectivity index (χ3n) is 4.99. The molecular weight excluding hydrogens is 458 g/mol. The Balaban J connectivity index is 1.50. The minimum absolute atomic E-state index is 0.104. The van der Waals surface area contributed by atoms with Crippen LogP contribution in [0.4, 0.5) is 0 Å². The summed E-state index contributed by atoms with van der Waals surface area (Å²) in [5, 5.41) is 5.17. The van der Waals surface area contributed by atoms with E-state index >= 15 is 0 Å². The monoisotopic (exact) mass is 479 g/mol. The van der Waals surface area contributed by atoms with Crippen LogP contribution in [0.25, 0.3) is 10.8 Å². The molecule has 6 nitrogen and oxygen atoms in total. The molecule has 3 aromatic carbocycles. The van der Waals surface area contributed by atoms with Crippen molar-refractivity contribution in [2.75, 3.05) is 13.7 Å². The molecule has 1 unspecified atom stereocenters. The third kappa shape index (κ3) is 4.88. The molecule has 0 spiro atoms. The topological polar surface area (TPSA) is 65.4 Å². The molecule has 0 aliphatic carbocycles. The molecule has 4 aromatic rings. The zero-order chi connectivity index (χ0) is 21.8. The van der Waals surface area contributed by atoms with Crippen LogP contribution in [0.5, 0.6) is 11.5 Å². The summed E-state index contributed by atoms with van der Waals surface area (Å²) in [6.45, 7) is -0.104. The summed E-state index contributed by atoms with van der Waals surface area (Å²) in [7, 11) is 3.51. The van der Waals surface area contributed by atoms with Gasteiger partial charge in [-0.15, -0.1) is 0 Å². The van der Waals surface area contributed by atoms with Crippen molar-refractivity contribution >= 4 is 32.6 Å². The molecule has 0 aliphatic heterocycles. The minimum atomic E-state index is -0.430. The number of benzene rings is 3. The molecule has 1 N–H and O–H groups in total. The average Bonchev–Trinajstić information content (AvgIpc) is 3.21. The number of amides is 1. The largest absolute Gasteiger partial charge is 0.497 e. The Morgan fingerprint density at radius 1 is 1.10 bits per heavy atom. The number of carbonyl (C=O) groups is 1. The summed E-state index contributed by atoms with van der Waals surface area (Å²) in [5.41, 5.74) is 0.873. The van der Waals surface area contributed by atoms with Crippen molar-refractivity contribution in [1.82, 2.24) is 14.9 Å². The van der Waals surface area contributed by atoms with E-state index in [1.807, 2.05) is 78.5 Å². The summed E-state index contributed by atoms with van der Waals surface area (Å²) >= 11 is 3.47. The summed E-state index contributed by atoms with van der Waals surface area (Å²) in [6, 6.07) is 18.9. The van der Waals surface area contributed by atoms with Gasteiger partial charge in [-0.3, -0.25) is 4.79 Å². The number of hydrogen-bond acceptors (Lipinski definition) is 4. The van der Waals surface area contributed by atoms with E-state index in [2.05, 4.69) is 26.2 Å². The van der Waals surface area contributed by atoms with Crippen LogP contribution < -0.4 is 14.8 Å². The number of imidazole rings is 1. The van der Waals surface area contributed by atoms with Crippen molar-refractivity contribution in [3.8, 4) is 11.5 Å². The SMILES string of the molecule is COc1cccc(C(NC(=O)COc2ccc3cc(Br)ccc3c2)c2nccn2C)c1. The van der Waals surface area contributed by atoms with Crippen LogP contribution >= 0.6 is 15.9 Å². The summed E-state index contributed by atoms with van der Waals surface area (Å²) < 4.78 is 14.0. The van der Waals surface area contributed by atoms with Crippen LogP contribution in [0.1, 0.15) is 17.4 Å². The van der Waals surface area contributed by atoms with Crippen LogP contribution in [0.3, 0.4) is 0 Å². The highest BCUT2D eigenvalue weighted by Gasteiger charge is 2.21. The number of nitrogens with zero attached hydrogens (tertiary/aromatic N) is 2. The number of aromatic nitrogens is 2. The van der Waals surface area contributed by atoms with Crippen LogP contribution in [-0.4, -0.2) is 29.2 Å². The fraction of sp³-hybridized carbons (Fsp3) is 0.167. The lowest BCUT2D eigenvalue weighted by Gasteiger charge is -2.20. The highest BCUT2D eigenvalue weighted by molar-refractivity contribution is 9.10. The standard InChI is InChI=1S/C24H22BrN3O3/c1-28-11-10-26-24(28)23(18-4-3-5-20(14-18)30-2)27-22(29)15-31-21-9-7-16-12-19(25)8-6-17(16)13-21/h3-14,23H,15H2,1-2H3,(H,27,29). The second-order valence-corrected chi connectivity index (χ2v) is 8.03. The number of nitrogens with one attached hydrogen (secondary N) is 1. The van der Waals surface area contributed by atoms with Gasteiger partial charge in [0.15, 0.2) is 6.61 Å². The molecule has 1 amide bonds. The Bertz CT molecular complexity index is 1220. The first-order valence-electron chi connectivity index (χ1n) is 9.76. The first kappa shape index (κ1) is 20.9. The molecular formula is C24H22BrN3O3. The van der Waals surface area contributed by atoms with E-state index in [0.717, 1.165) is 26.6 Å². The van der Waals surface area contributed by atoms with Gasteiger partial charge in [0.2, 0.25) is 0 Å². The van der Waals surface area contributed by atoms with Crippen molar-refractivity contribution < 1.29 is 14.3 Å². The van der Waals surface area contributed by atoms with E-state index in [0.29, 0.717) is 11.5 Å². The molecule has 1 heterocycles. The van der Waals surface area contributed by atoms with Gasteiger partial charge >= 0.3 is 0 Å². The van der Waals surface area contributed by atoms with Crippen LogP contribution in [-0.2, 0) is 11.8 Å². The molecule has 0 fully saturated rings. The second-order valence-electron chi connectivity index (χ2n) is 7.12. The van der Waals surface area contributed by atoms with Crippen LogP contribution in [0.2, 0.25) is 0 Å². The van der Waals surface area contributed by atoms with Crippen molar-refractivity contribution in [1.29, 1.82) is 0 Å². The Morgan fingerprint density at radius 2 is 1.90 bits per heavy atom. The van der Waals surface area contributed by atoms with E-state index in [1.54, 1.807) is 13.3 Å². The molecule has 0 saturated heterocycles. The number of halogens is 1. The lowest BCUT2D eigenvalue weighted by Crippen LogP contribution is -2.34. The Labute approximate surface area is 188 Å². The van der Waals surface area contributed by atoms with E-state index in [9.17, 15) is 4.79 Å². The molecule has 1 aromatic heterocycles. The van der Waals surface area contributed by atoms with E-state index in [1.165, 1.54) is 0 Å². The highest BCUT2D eigenvalue weighted by atomic mass is 79.9. The smallest absolute Gasteiger partial charge is 0.258 e. The molecule has 158 valence electrons. The van der Waals surface area contributed by atoms with Crippen molar-refractivity contribution in [2.45, 2.75) is 6.04 Å². The van der Waals surface area contributed by atoms with E-state index in [4.69, 9.17) is 9.47 Å². The number of methoxy groups -OCH3 is 1. The summed E-state index contributed by atoms with van der Waals surface area (Å²) in [4.78, 5) is 17.2. The number of hydrogen-bond donors (Lipinski definition) is 1. The summed E-state index contributed by atoms with van der Waals surface area (Å²) in [6.07, 6.45) is 3.55. The van der Waals surface area contributed by atoms with Gasteiger partial charge in [-0.1, -0.05) is 40.2 Å². The fourth-order valence-electron chi connectivity index (χ4n) is 3.41. The second kappa shape index (κ2) is 9.22. The maximum Gasteiger partial charge on any atom is 0.258 e. The van der Waals surface area contributed by atoms with E-state index < -0.39 is 6.04 Å². The maximum absolute atomic E-state index is 12.8. The molecule has 0 saturated carbocycles. The molecule has 0 bridgehead atoms. The highest BCUT2D eigenvalue weighted by Crippen LogP contribution is 2.25. The molecule has 7 heteroatoms. The van der Waals surface area contributed by atoms with Gasteiger partial charge in [-0.2, -0.15) is 0 Å². The first-order chi connectivity index (χ1) is 15.0. The molecule has 31 heavy (non-hydrogen) atoms. The quantitative estimate of drug-likeness (QED) is 0.419. The average molecular weight is 480 g/mol. The fourth-order valence-corrected chi connectivity index (χ4v) is 3.79. The molecule has 0 aliphatic rings. The number of carbonyl (C=O) groups excluding carboxylic acids is 1. The van der Waals surface area contributed by atoms with Gasteiger partial charge in [0.25, 0.3) is 5.91 Å². The van der Waals surface area contributed by atoms with Crippen LogP contribution in [0.15, 0.2) is 77.5 Å². The van der Waals surface area contributed by atoms with Gasteiger partial charge in [0, 0.05) is 23.9 Å². The number of ether oxygens (including phenoxy) is 2. The normalized spacial score (nSPS) is 11.8. The zero-order valence-corrected chi connectivity index (χ0v) is 18.8. The lowest BCUT2D eigenvalue weighted by molar-refractivity contribution is -0.123. The van der Waals surface area contributed by atoms with Crippen molar-refractivity contribution in [3.63, 3.8) is 0 Å². The van der Waals surface area contributed by atoms with Gasteiger partial charge < -0.3 is 19.4 Å². The minimum Gasteiger partial charge on any atom is -0.497 e. The van der Waals surface area contributed by atoms with Crippen molar-refractivity contribution in [3.05, 3.63) is 88.9 Å². The zero-order valence-electron chi connectivity index (χ0n) is 17.2. The number of fused-ring (bicyclic) bond motifs is 1. The maximum atomic E-state index is 12.8. The summed E-state index contributed by atoms with van der Waals surface area (Å²) in [5.74, 6) is 1.83. The predicted molar refractivity (Wildman–Crippen MR) is 123 cm³/mol. The number of aryl methyl sites for hydroxylation is 1. The predicted octanol–water partition coefficient (Wildman–Crippen LogP) is 4.63. The Morgan fingerprint density at radius 3 is 2.68 bits per heavy atom. The third-order valence-corrected chi connectivity index (χ3v) is 5.49. The first-order valence-corrected chi connectivity index (χ1v) is 10.6. The Hall–Kier alpha value is -3.32. The molecule has 4 rings (SSSR count). The van der Waals surface area contributed by atoms with Gasteiger partial charge in [-0.05, 0) is 52.7 Å². The van der Waals surface area contributed by atoms with Gasteiger partial charge in [0.05, 0.1) is 7.11 Å². The Kier molecular flexibility index (Phi) is 6.23. The van der Waals surface area contributed by atoms with Crippen molar-refractivity contribution in [2.24, 2.45) is 7.05 Å². The molecule has 1 atom stereocenters. The molecule has 0 radical (unpaired) electrons.